The van der Waals surface area contributed by atoms with Crippen molar-refractivity contribution in [2.45, 2.75) is 39.1 Å². The minimum Gasteiger partial charge on any atom is -0.497 e. The van der Waals surface area contributed by atoms with E-state index in [0.29, 0.717) is 13.0 Å². The molecular weight excluding hydrogens is 556 g/mol. The van der Waals surface area contributed by atoms with Crippen LogP contribution >= 0.6 is 24.2 Å². The van der Waals surface area contributed by atoms with E-state index in [1.807, 2.05) is 81.4 Å². The second kappa shape index (κ2) is 20.0. The molecule has 1 amide bonds. The second-order valence-electron chi connectivity index (χ2n) is 8.23. The Bertz CT molecular complexity index is 1350. The van der Waals surface area contributed by atoms with E-state index in [-0.39, 0.29) is 5.56 Å². The summed E-state index contributed by atoms with van der Waals surface area (Å²) in [5, 5.41) is 15.2. The Morgan fingerprint density at radius 3 is 2.20 bits per heavy atom. The first kappa shape index (κ1) is 35.1. The number of nitrogens with one attached hydrogen (secondary N) is 2. The van der Waals surface area contributed by atoms with E-state index < -0.39 is 5.97 Å². The molecule has 6 nitrogen and oxygen atoms in total. The number of hydrogen-bond acceptors (Lipinski definition) is 5. The maximum atomic E-state index is 10.5. The van der Waals surface area contributed by atoms with Crippen molar-refractivity contribution in [1.29, 1.82) is 0 Å². The number of methoxy groups -OCH3 is 1. The summed E-state index contributed by atoms with van der Waals surface area (Å²) in [6.45, 7) is 9.37. The highest BCUT2D eigenvalue weighted by Gasteiger charge is 2.02. The van der Waals surface area contributed by atoms with E-state index in [1.54, 1.807) is 19.2 Å². The van der Waals surface area contributed by atoms with E-state index in [9.17, 15) is 9.59 Å². The Hall–Kier alpha value is -3.94. The first-order valence-electron chi connectivity index (χ1n) is 13.2. The van der Waals surface area contributed by atoms with E-state index in [2.05, 4.69) is 36.3 Å². The van der Waals surface area contributed by atoms with Crippen LogP contribution in [0.2, 0.25) is 5.02 Å². The van der Waals surface area contributed by atoms with Gasteiger partial charge in [0.15, 0.2) is 0 Å². The molecule has 0 saturated carbocycles. The van der Waals surface area contributed by atoms with Crippen LogP contribution in [0.25, 0.3) is 11.1 Å². The summed E-state index contributed by atoms with van der Waals surface area (Å²) in [7, 11) is 1.67. The molecule has 3 N–H and O–H groups in total. The molecule has 4 rings (SSSR count). The van der Waals surface area contributed by atoms with Gasteiger partial charge in [0.25, 0.3) is 0 Å². The molecular formula is C33H39ClN2O4S. The summed E-state index contributed by atoms with van der Waals surface area (Å²) in [5.74, 6) is -0.0891. The van der Waals surface area contributed by atoms with Gasteiger partial charge in [-0.25, -0.2) is 4.79 Å². The molecule has 0 aliphatic heterocycles. The number of carbonyl (C=O) groups is 2. The topological polar surface area (TPSA) is 87.7 Å². The normalized spacial score (nSPS) is 9.34. The Labute approximate surface area is 254 Å². The van der Waals surface area contributed by atoms with Gasteiger partial charge >= 0.3 is 5.97 Å². The molecule has 0 spiro atoms. The molecule has 4 aromatic rings. The zero-order chi connectivity index (χ0) is 30.6. The first-order valence-corrected chi connectivity index (χ1v) is 14.0. The number of carbonyl (C=O) groups excluding carboxylic acids is 1. The Balaban J connectivity index is 0.000000302. The minimum absolute atomic E-state index is 0.227. The molecule has 0 saturated heterocycles. The predicted octanol–water partition coefficient (Wildman–Crippen LogP) is 8.39. The molecule has 0 atom stereocenters. The van der Waals surface area contributed by atoms with Crippen LogP contribution in [0.1, 0.15) is 42.3 Å². The highest BCUT2D eigenvalue weighted by molar-refractivity contribution is 7.80. The molecule has 0 bridgehead atoms. The number of benzene rings is 4. The van der Waals surface area contributed by atoms with Crippen LogP contribution < -0.4 is 15.4 Å². The van der Waals surface area contributed by atoms with Gasteiger partial charge in [-0.3, -0.25) is 4.79 Å². The van der Waals surface area contributed by atoms with Crippen LogP contribution in [0.15, 0.2) is 95.9 Å². The largest absolute Gasteiger partial charge is 0.497 e. The van der Waals surface area contributed by atoms with E-state index in [4.69, 9.17) is 21.4 Å². The Morgan fingerprint density at radius 1 is 0.951 bits per heavy atom. The van der Waals surface area contributed by atoms with Crippen molar-refractivity contribution >= 4 is 42.3 Å². The number of carboxylic acids is 1. The molecule has 0 unspecified atom stereocenters. The van der Waals surface area contributed by atoms with Crippen LogP contribution in [-0.4, -0.2) is 31.1 Å². The van der Waals surface area contributed by atoms with Crippen LogP contribution in [0.4, 0.5) is 5.69 Å². The lowest BCUT2D eigenvalue weighted by Crippen LogP contribution is -2.10. The maximum absolute atomic E-state index is 10.5. The standard InChI is InChI=1S/C13H12OS.C9H12ClN.C9H9NO3.C2H6/c1-14-12-7-5-10(6-8-12)11-3-2-4-13(15)9-11;1-3-11-9-6-4-5-8(10)7(9)2;11-6-10-5-7-2-1-3-8(4-7)9(12)13;1-2/h2-9,15H,1H3;4-6,11H,3H2,1-2H3;1-4,6H,5H2,(H,10,11)(H,12,13);1-2H3. The van der Waals surface area contributed by atoms with Crippen molar-refractivity contribution in [3.8, 4) is 16.9 Å². The summed E-state index contributed by atoms with van der Waals surface area (Å²) in [5.41, 5.74) is 5.59. The van der Waals surface area contributed by atoms with Gasteiger partial charge in [-0.2, -0.15) is 0 Å². The lowest BCUT2D eigenvalue weighted by Gasteiger charge is -2.07. The van der Waals surface area contributed by atoms with Gasteiger partial charge in [-0.1, -0.05) is 67.9 Å². The first-order chi connectivity index (χ1) is 19.8. The van der Waals surface area contributed by atoms with Crippen LogP contribution in [0.3, 0.4) is 0 Å². The summed E-state index contributed by atoms with van der Waals surface area (Å²) < 4.78 is 5.11. The zero-order valence-corrected chi connectivity index (χ0v) is 25.8. The number of amides is 1. The molecule has 41 heavy (non-hydrogen) atoms. The number of hydrogen-bond donors (Lipinski definition) is 4. The molecule has 4 aromatic carbocycles. The fourth-order valence-corrected chi connectivity index (χ4v) is 3.83. The third-order valence-electron chi connectivity index (χ3n) is 5.47. The van der Waals surface area contributed by atoms with Gasteiger partial charge in [0.2, 0.25) is 6.41 Å². The maximum Gasteiger partial charge on any atom is 0.335 e. The average molecular weight is 595 g/mol. The number of thiol groups is 1. The van der Waals surface area contributed by atoms with Gasteiger partial charge in [-0.05, 0) is 84.6 Å². The highest BCUT2D eigenvalue weighted by atomic mass is 35.5. The van der Waals surface area contributed by atoms with Crippen molar-refractivity contribution < 1.29 is 19.4 Å². The van der Waals surface area contributed by atoms with Crippen molar-refractivity contribution in [3.63, 3.8) is 0 Å². The fraction of sp³-hybridized carbons (Fsp3) is 0.212. The lowest BCUT2D eigenvalue weighted by atomic mass is 10.1. The molecule has 0 heterocycles. The van der Waals surface area contributed by atoms with Crippen molar-refractivity contribution in [3.05, 3.63) is 113 Å². The number of halogens is 1. The van der Waals surface area contributed by atoms with Crippen LogP contribution in [0.5, 0.6) is 5.75 Å². The average Bonchev–Trinajstić information content (AvgIpc) is 3.00. The summed E-state index contributed by atoms with van der Waals surface area (Å²) in [4.78, 5) is 21.5. The number of ether oxygens (including phenoxy) is 1. The van der Waals surface area contributed by atoms with Gasteiger partial charge in [0.1, 0.15) is 5.75 Å². The Morgan fingerprint density at radius 2 is 1.61 bits per heavy atom. The number of aromatic carboxylic acids is 1. The lowest BCUT2D eigenvalue weighted by molar-refractivity contribution is -0.109. The van der Waals surface area contributed by atoms with Gasteiger partial charge < -0.3 is 20.5 Å². The van der Waals surface area contributed by atoms with Crippen LogP contribution in [-0.2, 0) is 11.3 Å². The second-order valence-corrected chi connectivity index (χ2v) is 9.15. The van der Waals surface area contributed by atoms with E-state index >= 15 is 0 Å². The molecule has 218 valence electrons. The third kappa shape index (κ3) is 12.8. The highest BCUT2D eigenvalue weighted by Crippen LogP contribution is 2.24. The van der Waals surface area contributed by atoms with Crippen LogP contribution in [0, 0.1) is 6.92 Å². The van der Waals surface area contributed by atoms with Crippen molar-refractivity contribution in [2.75, 3.05) is 19.0 Å². The predicted molar refractivity (Wildman–Crippen MR) is 174 cm³/mol. The molecule has 0 radical (unpaired) electrons. The van der Waals surface area contributed by atoms with E-state index in [0.717, 1.165) is 39.0 Å². The summed E-state index contributed by atoms with van der Waals surface area (Å²) >= 11 is 10.2. The number of rotatable bonds is 8. The number of anilines is 1. The van der Waals surface area contributed by atoms with Gasteiger partial charge in [0, 0.05) is 28.7 Å². The number of carboxylic acid groups (broad SMARTS) is 1. The molecule has 0 fully saturated rings. The SMILES string of the molecule is CC.CCNc1cccc(Cl)c1C.COc1ccc(-c2cccc(S)c2)cc1.O=CNCc1cccc(C(=O)O)c1. The smallest absolute Gasteiger partial charge is 0.335 e. The summed E-state index contributed by atoms with van der Waals surface area (Å²) in [6, 6.07) is 28.4. The van der Waals surface area contributed by atoms with E-state index in [1.165, 1.54) is 23.3 Å². The molecule has 0 aliphatic carbocycles. The van der Waals surface area contributed by atoms with Gasteiger partial charge in [-0.15, -0.1) is 12.6 Å². The third-order valence-corrected chi connectivity index (χ3v) is 6.16. The monoisotopic (exact) mass is 594 g/mol. The summed E-state index contributed by atoms with van der Waals surface area (Å²) in [6.07, 6.45) is 0.577. The fourth-order valence-electron chi connectivity index (χ4n) is 3.43. The quantitative estimate of drug-likeness (QED) is 0.122. The van der Waals surface area contributed by atoms with Gasteiger partial charge in [0.05, 0.1) is 12.7 Å². The minimum atomic E-state index is -0.965. The van der Waals surface area contributed by atoms with Crippen molar-refractivity contribution in [2.24, 2.45) is 0 Å². The molecule has 0 aromatic heterocycles. The zero-order valence-electron chi connectivity index (χ0n) is 24.1. The van der Waals surface area contributed by atoms with Crippen molar-refractivity contribution in [1.82, 2.24) is 5.32 Å². The Kier molecular flexibility index (Phi) is 17.1. The molecule has 8 heteroatoms. The molecule has 0 aliphatic rings.